The molecule has 1 aliphatic rings. The maximum absolute atomic E-state index is 11.2. The fourth-order valence-corrected chi connectivity index (χ4v) is 3.23. The van der Waals surface area contributed by atoms with E-state index in [2.05, 4.69) is 15.5 Å². The van der Waals surface area contributed by atoms with Gasteiger partial charge in [-0.25, -0.2) is 8.42 Å². The zero-order chi connectivity index (χ0) is 11.6. The first-order chi connectivity index (χ1) is 7.55. The summed E-state index contributed by atoms with van der Waals surface area (Å²) in [5.74, 6) is 1.71. The van der Waals surface area contributed by atoms with E-state index in [1.165, 1.54) is 0 Å². The van der Waals surface area contributed by atoms with Crippen LogP contribution in [0.15, 0.2) is 4.52 Å². The molecule has 90 valence electrons. The Morgan fingerprint density at radius 2 is 2.12 bits per heavy atom. The Balaban J connectivity index is 1.80. The number of rotatable bonds is 3. The Morgan fingerprint density at radius 3 is 2.69 bits per heavy atom. The maximum Gasteiger partial charge on any atom is 0.223 e. The second-order valence-corrected chi connectivity index (χ2v) is 6.34. The molecule has 1 N–H and O–H groups in total. The maximum atomic E-state index is 11.2. The Labute approximate surface area is 94.3 Å². The van der Waals surface area contributed by atoms with Crippen molar-refractivity contribution in [3.8, 4) is 0 Å². The molecule has 16 heavy (non-hydrogen) atoms. The minimum atomic E-state index is -2.78. The number of sulfone groups is 1. The van der Waals surface area contributed by atoms with Crippen molar-refractivity contribution >= 4 is 9.84 Å². The summed E-state index contributed by atoms with van der Waals surface area (Å²) >= 11 is 0. The minimum absolute atomic E-state index is 0.238. The normalized spacial score (nSPS) is 21.1. The van der Waals surface area contributed by atoms with E-state index >= 15 is 0 Å². The van der Waals surface area contributed by atoms with Gasteiger partial charge in [0.2, 0.25) is 5.89 Å². The van der Waals surface area contributed by atoms with Crippen LogP contribution in [-0.2, 0) is 16.4 Å². The first-order valence-corrected chi connectivity index (χ1v) is 7.10. The van der Waals surface area contributed by atoms with Gasteiger partial charge >= 0.3 is 0 Å². The van der Waals surface area contributed by atoms with Crippen LogP contribution in [0.5, 0.6) is 0 Å². The lowest BCUT2D eigenvalue weighted by molar-refractivity contribution is 0.381. The van der Waals surface area contributed by atoms with Crippen molar-refractivity contribution < 1.29 is 12.9 Å². The van der Waals surface area contributed by atoms with Crippen LogP contribution in [0.4, 0.5) is 0 Å². The number of aromatic nitrogens is 2. The fraction of sp³-hybridized carbons (Fsp3) is 0.778. The van der Waals surface area contributed by atoms with Crippen molar-refractivity contribution in [2.75, 3.05) is 11.5 Å². The lowest BCUT2D eigenvalue weighted by atomic mass is 10.1. The molecule has 1 fully saturated rings. The van der Waals surface area contributed by atoms with Crippen LogP contribution in [0.2, 0.25) is 0 Å². The molecule has 1 aromatic heterocycles. The average molecular weight is 245 g/mol. The molecule has 7 heteroatoms. The second-order valence-electron chi connectivity index (χ2n) is 4.04. The molecule has 6 nitrogen and oxygen atoms in total. The summed E-state index contributed by atoms with van der Waals surface area (Å²) in [5, 5.41) is 7.00. The third kappa shape index (κ3) is 3.02. The molecule has 2 heterocycles. The lowest BCUT2D eigenvalue weighted by Gasteiger charge is -2.22. The molecule has 0 atom stereocenters. The van der Waals surface area contributed by atoms with Gasteiger partial charge in [-0.15, -0.1) is 0 Å². The smallest absolute Gasteiger partial charge is 0.223 e. The van der Waals surface area contributed by atoms with Gasteiger partial charge in [0.05, 0.1) is 18.1 Å². The number of hydrogen-bond donors (Lipinski definition) is 1. The van der Waals surface area contributed by atoms with Gasteiger partial charge in [0, 0.05) is 13.0 Å². The van der Waals surface area contributed by atoms with Gasteiger partial charge in [-0.3, -0.25) is 0 Å². The van der Waals surface area contributed by atoms with Crippen molar-refractivity contribution in [2.24, 2.45) is 0 Å². The first-order valence-electron chi connectivity index (χ1n) is 5.28. The van der Waals surface area contributed by atoms with Gasteiger partial charge in [-0.2, -0.15) is 4.98 Å². The van der Waals surface area contributed by atoms with E-state index in [9.17, 15) is 8.42 Å². The highest BCUT2D eigenvalue weighted by Crippen LogP contribution is 2.12. The van der Waals surface area contributed by atoms with Gasteiger partial charge in [0.15, 0.2) is 5.82 Å². The predicted molar refractivity (Wildman–Crippen MR) is 57.6 cm³/mol. The monoisotopic (exact) mass is 245 g/mol. The van der Waals surface area contributed by atoms with Crippen LogP contribution in [0.25, 0.3) is 0 Å². The summed E-state index contributed by atoms with van der Waals surface area (Å²) in [4.78, 5) is 4.07. The second kappa shape index (κ2) is 4.50. The van der Waals surface area contributed by atoms with E-state index in [1.807, 2.05) is 0 Å². The standard InChI is InChI=1S/C9H15N3O3S/c1-7-11-9(12-15-7)6-10-8-2-4-16(13,14)5-3-8/h8,10H,2-6H2,1H3. The predicted octanol–water partition coefficient (Wildman–Crippen LogP) is 0.0448. The highest BCUT2D eigenvalue weighted by atomic mass is 32.2. The fourth-order valence-electron chi connectivity index (χ4n) is 1.74. The van der Waals surface area contributed by atoms with Gasteiger partial charge < -0.3 is 9.84 Å². The molecule has 0 aromatic carbocycles. The average Bonchev–Trinajstić information content (AvgIpc) is 2.63. The van der Waals surface area contributed by atoms with E-state index < -0.39 is 9.84 Å². The highest BCUT2D eigenvalue weighted by Gasteiger charge is 2.23. The molecule has 0 bridgehead atoms. The van der Waals surface area contributed by atoms with Crippen molar-refractivity contribution in [3.63, 3.8) is 0 Å². The van der Waals surface area contributed by atoms with Gasteiger partial charge in [0.25, 0.3) is 0 Å². The third-order valence-corrected chi connectivity index (χ3v) is 4.39. The lowest BCUT2D eigenvalue weighted by Crippen LogP contribution is -2.37. The van der Waals surface area contributed by atoms with Crippen LogP contribution in [-0.4, -0.2) is 36.1 Å². The molecule has 1 aromatic rings. The van der Waals surface area contributed by atoms with Crippen molar-refractivity contribution in [1.29, 1.82) is 0 Å². The molecule has 0 saturated carbocycles. The van der Waals surface area contributed by atoms with Crippen LogP contribution < -0.4 is 5.32 Å². The summed E-state index contributed by atoms with van der Waals surface area (Å²) in [6.45, 7) is 2.27. The van der Waals surface area contributed by atoms with E-state index in [0.29, 0.717) is 31.1 Å². The molecule has 2 rings (SSSR count). The van der Waals surface area contributed by atoms with Crippen molar-refractivity contribution in [3.05, 3.63) is 11.7 Å². The van der Waals surface area contributed by atoms with Crippen LogP contribution in [0.3, 0.4) is 0 Å². The largest absolute Gasteiger partial charge is 0.340 e. The Morgan fingerprint density at radius 1 is 1.44 bits per heavy atom. The molecule has 0 aliphatic carbocycles. The summed E-state index contributed by atoms with van der Waals surface area (Å²) < 4.78 is 27.3. The quantitative estimate of drug-likeness (QED) is 0.809. The van der Waals surface area contributed by atoms with Crippen molar-refractivity contribution in [1.82, 2.24) is 15.5 Å². The Bertz CT molecular complexity index is 440. The van der Waals surface area contributed by atoms with Crippen LogP contribution in [0.1, 0.15) is 24.6 Å². The molecule has 0 radical (unpaired) electrons. The number of hydrogen-bond acceptors (Lipinski definition) is 6. The highest BCUT2D eigenvalue weighted by molar-refractivity contribution is 7.91. The molecule has 0 unspecified atom stereocenters. The SMILES string of the molecule is Cc1nc(CNC2CCS(=O)(=O)CC2)no1. The summed E-state index contributed by atoms with van der Waals surface area (Å²) in [7, 11) is -2.78. The Kier molecular flexibility index (Phi) is 3.25. The zero-order valence-corrected chi connectivity index (χ0v) is 9.96. The van der Waals surface area contributed by atoms with Gasteiger partial charge in [0.1, 0.15) is 9.84 Å². The Hall–Kier alpha value is -0.950. The topological polar surface area (TPSA) is 85.1 Å². The number of nitrogens with one attached hydrogen (secondary N) is 1. The molecule has 1 aliphatic heterocycles. The van der Waals surface area contributed by atoms with E-state index in [1.54, 1.807) is 6.92 Å². The van der Waals surface area contributed by atoms with E-state index in [0.717, 1.165) is 0 Å². The van der Waals surface area contributed by atoms with Crippen molar-refractivity contribution in [2.45, 2.75) is 32.4 Å². The molecule has 0 spiro atoms. The molecule has 0 amide bonds. The molecule has 1 saturated heterocycles. The molecular formula is C9H15N3O3S. The third-order valence-electron chi connectivity index (χ3n) is 2.67. The van der Waals surface area contributed by atoms with Crippen LogP contribution >= 0.6 is 0 Å². The van der Waals surface area contributed by atoms with Gasteiger partial charge in [-0.05, 0) is 12.8 Å². The first kappa shape index (κ1) is 11.5. The molecular weight excluding hydrogens is 230 g/mol. The summed E-state index contributed by atoms with van der Waals surface area (Å²) in [6.07, 6.45) is 1.33. The number of nitrogens with zero attached hydrogens (tertiary/aromatic N) is 2. The van der Waals surface area contributed by atoms with Crippen LogP contribution in [0, 0.1) is 6.92 Å². The zero-order valence-electron chi connectivity index (χ0n) is 9.14. The number of aryl methyl sites for hydroxylation is 1. The summed E-state index contributed by atoms with van der Waals surface area (Å²) in [5.41, 5.74) is 0. The van der Waals surface area contributed by atoms with Gasteiger partial charge in [-0.1, -0.05) is 5.16 Å². The van der Waals surface area contributed by atoms with E-state index in [-0.39, 0.29) is 17.5 Å². The summed E-state index contributed by atoms with van der Waals surface area (Å²) in [6, 6.07) is 0.238. The van der Waals surface area contributed by atoms with E-state index in [4.69, 9.17) is 4.52 Å². The minimum Gasteiger partial charge on any atom is -0.340 e.